The molecule has 4 aromatic rings. The van der Waals surface area contributed by atoms with E-state index in [2.05, 4.69) is 10.4 Å². The number of rotatable bonds is 8. The summed E-state index contributed by atoms with van der Waals surface area (Å²) in [6.45, 7) is 2.13. The molecule has 4 rings (SSSR count). The first kappa shape index (κ1) is 23.9. The largest absolute Gasteiger partial charge is 0.482 e. The van der Waals surface area contributed by atoms with Crippen LogP contribution in [0, 0.1) is 22.9 Å². The normalized spacial score (nSPS) is 10.7. The number of carbonyl (C=O) groups excluding carboxylic acids is 1. The predicted octanol–water partition coefficient (Wildman–Crippen LogP) is 5.77. The van der Waals surface area contributed by atoms with Crippen LogP contribution < -0.4 is 10.1 Å². The highest BCUT2D eigenvalue weighted by molar-refractivity contribution is 6.31. The van der Waals surface area contributed by atoms with Gasteiger partial charge in [0.25, 0.3) is 5.91 Å². The summed E-state index contributed by atoms with van der Waals surface area (Å²) >= 11 is 6.07. The first-order chi connectivity index (χ1) is 16.8. The molecule has 35 heavy (non-hydrogen) atoms. The number of carbonyl (C=O) groups is 1. The summed E-state index contributed by atoms with van der Waals surface area (Å²) in [5.74, 6) is -0.617. The molecule has 1 aromatic heterocycles. The summed E-state index contributed by atoms with van der Waals surface area (Å²) in [7, 11) is 0. The molecule has 8 nitrogen and oxygen atoms in total. The number of benzene rings is 3. The maximum absolute atomic E-state index is 13.2. The average molecular weight is 495 g/mol. The van der Waals surface area contributed by atoms with E-state index < -0.39 is 10.7 Å². The molecule has 10 heteroatoms. The van der Waals surface area contributed by atoms with E-state index >= 15 is 0 Å². The number of hydrogen-bond acceptors (Lipinski definition) is 5. The van der Waals surface area contributed by atoms with Gasteiger partial charge in [0.1, 0.15) is 12.4 Å². The van der Waals surface area contributed by atoms with Gasteiger partial charge in [-0.2, -0.15) is 5.10 Å². The minimum absolute atomic E-state index is 0.0569. The molecule has 0 saturated carbocycles. The molecule has 0 aliphatic rings. The van der Waals surface area contributed by atoms with Gasteiger partial charge in [0.15, 0.2) is 5.75 Å². The molecule has 0 radical (unpaired) electrons. The zero-order valence-corrected chi connectivity index (χ0v) is 19.3. The van der Waals surface area contributed by atoms with Gasteiger partial charge in [-0.3, -0.25) is 19.6 Å². The Morgan fingerprint density at radius 1 is 1.20 bits per heavy atom. The van der Waals surface area contributed by atoms with Gasteiger partial charge in [-0.05, 0) is 53.9 Å². The number of nitro benzene ring substituents is 1. The number of nitro groups is 1. The lowest BCUT2D eigenvalue weighted by molar-refractivity contribution is -0.386. The summed E-state index contributed by atoms with van der Waals surface area (Å²) in [5.41, 5.74) is 2.87. The smallest absolute Gasteiger partial charge is 0.311 e. The molecule has 0 fully saturated rings. The number of halogens is 2. The highest BCUT2D eigenvalue weighted by Gasteiger charge is 2.16. The van der Waals surface area contributed by atoms with Gasteiger partial charge in [0.2, 0.25) is 0 Å². The van der Waals surface area contributed by atoms with Gasteiger partial charge in [-0.25, -0.2) is 4.39 Å². The number of ether oxygens (including phenoxy) is 1. The van der Waals surface area contributed by atoms with Crippen molar-refractivity contribution in [2.75, 3.05) is 5.32 Å². The molecule has 3 aromatic carbocycles. The Hall–Kier alpha value is -4.24. The zero-order valence-electron chi connectivity index (χ0n) is 18.6. The molecule has 0 aliphatic carbocycles. The van der Waals surface area contributed by atoms with E-state index in [1.807, 2.05) is 0 Å². The molecule has 0 bridgehead atoms. The number of aryl methyl sites for hydroxylation is 1. The molecule has 1 N–H and O–H groups in total. The predicted molar refractivity (Wildman–Crippen MR) is 129 cm³/mol. The molecule has 1 heterocycles. The quantitative estimate of drug-likeness (QED) is 0.247. The van der Waals surface area contributed by atoms with Crippen LogP contribution in [-0.4, -0.2) is 20.6 Å². The van der Waals surface area contributed by atoms with E-state index in [1.54, 1.807) is 60.3 Å². The molecular formula is C25H20ClFN4O4. The molecule has 1 amide bonds. The fraction of sp³-hybridized carbons (Fsp3) is 0.120. The number of amides is 1. The highest BCUT2D eigenvalue weighted by atomic mass is 35.5. The Balaban J connectivity index is 1.40. The molecule has 0 spiro atoms. The van der Waals surface area contributed by atoms with Crippen LogP contribution in [0.3, 0.4) is 0 Å². The monoisotopic (exact) mass is 494 g/mol. The first-order valence-electron chi connectivity index (χ1n) is 10.5. The molecular weight excluding hydrogens is 475 g/mol. The van der Waals surface area contributed by atoms with Crippen molar-refractivity contribution >= 4 is 28.9 Å². The van der Waals surface area contributed by atoms with Gasteiger partial charge < -0.3 is 10.1 Å². The Bertz CT molecular complexity index is 1410. The van der Waals surface area contributed by atoms with Crippen molar-refractivity contribution in [2.24, 2.45) is 0 Å². The lowest BCUT2D eigenvalue weighted by Crippen LogP contribution is -2.12. The van der Waals surface area contributed by atoms with Crippen molar-refractivity contribution in [2.45, 2.75) is 20.1 Å². The molecule has 0 aliphatic heterocycles. The SMILES string of the molecule is Cc1ccc(OCc2cccc(C(=O)Nc3cnn(Cc4ccc(F)cc4Cl)c3)c2)c([N+](=O)[O-])c1. The maximum atomic E-state index is 13.2. The lowest BCUT2D eigenvalue weighted by atomic mass is 10.1. The second-order valence-electron chi connectivity index (χ2n) is 7.83. The fourth-order valence-corrected chi connectivity index (χ4v) is 3.62. The van der Waals surface area contributed by atoms with Crippen molar-refractivity contribution in [3.63, 3.8) is 0 Å². The Kier molecular flexibility index (Phi) is 7.07. The standard InChI is InChI=1S/C25H20ClFN4O4/c1-16-5-8-24(23(9-16)31(33)34)35-15-17-3-2-4-18(10-17)25(32)29-21-12-28-30(14-21)13-19-6-7-20(27)11-22(19)26/h2-12,14H,13,15H2,1H3,(H,29,32). The second kappa shape index (κ2) is 10.4. The van der Waals surface area contributed by atoms with Crippen LogP contribution in [0.2, 0.25) is 5.02 Å². The summed E-state index contributed by atoms with van der Waals surface area (Å²) in [5, 5.41) is 18.6. The second-order valence-corrected chi connectivity index (χ2v) is 8.24. The van der Waals surface area contributed by atoms with Crippen LogP contribution in [0.4, 0.5) is 15.8 Å². The summed E-state index contributed by atoms with van der Waals surface area (Å²) in [6.07, 6.45) is 3.14. The number of nitrogens with one attached hydrogen (secondary N) is 1. The fourth-order valence-electron chi connectivity index (χ4n) is 3.40. The lowest BCUT2D eigenvalue weighted by Gasteiger charge is -2.09. The third-order valence-electron chi connectivity index (χ3n) is 5.13. The van der Waals surface area contributed by atoms with E-state index in [-0.39, 0.29) is 24.0 Å². The zero-order chi connectivity index (χ0) is 24.9. The molecule has 0 unspecified atom stereocenters. The number of hydrogen-bond donors (Lipinski definition) is 1. The number of aromatic nitrogens is 2. The highest BCUT2D eigenvalue weighted by Crippen LogP contribution is 2.28. The van der Waals surface area contributed by atoms with E-state index in [0.717, 1.165) is 5.56 Å². The van der Waals surface area contributed by atoms with Crippen molar-refractivity contribution < 1.29 is 18.8 Å². The van der Waals surface area contributed by atoms with Crippen molar-refractivity contribution in [3.8, 4) is 5.75 Å². The Labute approximate surface area is 205 Å². The van der Waals surface area contributed by atoms with Crippen molar-refractivity contribution in [1.29, 1.82) is 0 Å². The van der Waals surface area contributed by atoms with Crippen LogP contribution in [0.1, 0.15) is 27.0 Å². The first-order valence-corrected chi connectivity index (χ1v) is 10.9. The summed E-state index contributed by atoms with van der Waals surface area (Å²) < 4.78 is 20.5. The van der Waals surface area contributed by atoms with Gasteiger partial charge >= 0.3 is 5.69 Å². The van der Waals surface area contributed by atoms with Crippen LogP contribution in [0.5, 0.6) is 5.75 Å². The van der Waals surface area contributed by atoms with Gasteiger partial charge in [-0.1, -0.05) is 35.9 Å². The molecule has 0 atom stereocenters. The van der Waals surface area contributed by atoms with Gasteiger partial charge in [0, 0.05) is 22.8 Å². The minimum atomic E-state index is -0.490. The van der Waals surface area contributed by atoms with Gasteiger partial charge in [0.05, 0.1) is 23.4 Å². The van der Waals surface area contributed by atoms with Crippen LogP contribution in [0.15, 0.2) is 73.1 Å². The third kappa shape index (κ3) is 6.01. The number of anilines is 1. The van der Waals surface area contributed by atoms with Gasteiger partial charge in [-0.15, -0.1) is 0 Å². The Morgan fingerprint density at radius 2 is 2.03 bits per heavy atom. The molecule has 178 valence electrons. The van der Waals surface area contributed by atoms with E-state index in [9.17, 15) is 19.3 Å². The van der Waals surface area contributed by atoms with Crippen LogP contribution in [-0.2, 0) is 13.2 Å². The van der Waals surface area contributed by atoms with Crippen LogP contribution in [0.25, 0.3) is 0 Å². The molecule has 0 saturated heterocycles. The van der Waals surface area contributed by atoms with E-state index in [0.29, 0.717) is 33.9 Å². The summed E-state index contributed by atoms with van der Waals surface area (Å²) in [4.78, 5) is 23.5. The summed E-state index contributed by atoms with van der Waals surface area (Å²) in [6, 6.07) is 15.6. The number of nitrogens with zero attached hydrogens (tertiary/aromatic N) is 3. The minimum Gasteiger partial charge on any atom is -0.482 e. The van der Waals surface area contributed by atoms with Crippen molar-refractivity contribution in [1.82, 2.24) is 9.78 Å². The maximum Gasteiger partial charge on any atom is 0.311 e. The Morgan fingerprint density at radius 3 is 2.80 bits per heavy atom. The van der Waals surface area contributed by atoms with Crippen LogP contribution >= 0.6 is 11.6 Å². The van der Waals surface area contributed by atoms with Crippen molar-refractivity contribution in [3.05, 3.63) is 116 Å². The van der Waals surface area contributed by atoms with E-state index in [1.165, 1.54) is 24.4 Å². The third-order valence-corrected chi connectivity index (χ3v) is 5.49. The van der Waals surface area contributed by atoms with E-state index in [4.69, 9.17) is 16.3 Å². The topological polar surface area (TPSA) is 99.3 Å². The average Bonchev–Trinajstić information content (AvgIpc) is 3.27.